The van der Waals surface area contributed by atoms with Crippen molar-refractivity contribution in [1.82, 2.24) is 29.9 Å². The van der Waals surface area contributed by atoms with Gasteiger partial charge in [0.05, 0.1) is 37.5 Å². The first kappa shape index (κ1) is 39.6. The molecule has 8 rings (SSSR count). The lowest BCUT2D eigenvalue weighted by Crippen LogP contribution is -2.38. The number of hydrogen-bond donors (Lipinski definition) is 4. The van der Waals surface area contributed by atoms with Gasteiger partial charge in [0.2, 0.25) is 0 Å². The SMILES string of the molecule is C1CCOCC1.Cc1csc(-c2nc(Cl)cc(NC3CCCC[C@@H]3O)n2)n1.Cc1csc(-c2nc(NC3CCCC[C@@H]3O)cc(N3CCOCC3)n2)n1. The van der Waals surface area contributed by atoms with E-state index in [0.29, 0.717) is 35.8 Å². The number of ether oxygens (including phenoxy) is 2. The number of nitrogens with one attached hydrogen (secondary N) is 2. The van der Waals surface area contributed by atoms with Gasteiger partial charge >= 0.3 is 0 Å². The highest BCUT2D eigenvalue weighted by Crippen LogP contribution is 2.29. The first-order valence-corrected chi connectivity index (χ1v) is 21.0. The standard InChI is InChI=1S/C18H25N5O2S.C14H17ClN4OS.C5H10O/c1-12-11-26-18(19-12)17-21-15(20-13-4-2-3-5-14(13)24)10-16(22-17)23-6-8-25-9-7-23;1-8-7-21-14(16-8)13-18-11(15)6-12(19-13)17-9-4-2-3-5-10(9)20;1-2-4-6-5-3-1/h10-11,13-14,24H,2-9H2,1H3,(H,20,21,22);6-7,9-10,20H,2-5H2,1H3,(H,17,18,19);1-5H2/t13?,14-;9?,10-;/m00./s1. The summed E-state index contributed by atoms with van der Waals surface area (Å²) in [5.41, 5.74) is 1.92. The van der Waals surface area contributed by atoms with Crippen molar-refractivity contribution < 1.29 is 19.7 Å². The molecule has 4 aromatic heterocycles. The Bertz CT molecular complexity index is 1710. The van der Waals surface area contributed by atoms with Crippen molar-refractivity contribution in [2.75, 3.05) is 55.1 Å². The second-order valence-electron chi connectivity index (χ2n) is 13.9. The van der Waals surface area contributed by atoms with Gasteiger partial charge in [0.1, 0.15) is 22.6 Å². The number of aryl methyl sites for hydroxylation is 2. The minimum atomic E-state index is -0.335. The van der Waals surface area contributed by atoms with Crippen LogP contribution in [0, 0.1) is 13.8 Å². The number of hydrogen-bond acceptors (Lipinski definition) is 15. The molecule has 0 spiro atoms. The van der Waals surface area contributed by atoms with E-state index in [1.165, 1.54) is 30.6 Å². The van der Waals surface area contributed by atoms with Crippen molar-refractivity contribution in [2.45, 2.75) is 109 Å². The van der Waals surface area contributed by atoms with Gasteiger partial charge in [-0.05, 0) is 58.8 Å². The number of aliphatic hydroxyl groups is 2. The van der Waals surface area contributed by atoms with Crippen LogP contribution < -0.4 is 15.5 Å². The lowest BCUT2D eigenvalue weighted by Gasteiger charge is -2.30. The molecule has 13 nitrogen and oxygen atoms in total. The Morgan fingerprint density at radius 2 is 1.15 bits per heavy atom. The summed E-state index contributed by atoms with van der Waals surface area (Å²) in [6.07, 6.45) is 11.3. The van der Waals surface area contributed by atoms with E-state index in [1.54, 1.807) is 17.4 Å². The van der Waals surface area contributed by atoms with Crippen molar-refractivity contribution in [2.24, 2.45) is 0 Å². The monoisotopic (exact) mass is 785 g/mol. The van der Waals surface area contributed by atoms with Crippen LogP contribution in [0.3, 0.4) is 0 Å². The summed E-state index contributed by atoms with van der Waals surface area (Å²) in [5, 5.41) is 33.0. The van der Waals surface area contributed by atoms with Gasteiger partial charge in [0, 0.05) is 60.6 Å². The van der Waals surface area contributed by atoms with Crippen molar-refractivity contribution in [3.05, 3.63) is 39.4 Å². The molecule has 2 saturated heterocycles. The average Bonchev–Trinajstić information content (AvgIpc) is 3.83. The zero-order valence-corrected chi connectivity index (χ0v) is 33.1. The Labute approximate surface area is 325 Å². The fourth-order valence-corrected chi connectivity index (χ4v) is 8.33. The van der Waals surface area contributed by atoms with E-state index in [1.807, 2.05) is 30.7 Å². The maximum absolute atomic E-state index is 10.3. The van der Waals surface area contributed by atoms with Crippen molar-refractivity contribution in [3.63, 3.8) is 0 Å². The van der Waals surface area contributed by atoms with Crippen LogP contribution in [0.2, 0.25) is 5.15 Å². The highest BCUT2D eigenvalue weighted by Gasteiger charge is 2.25. The first-order chi connectivity index (χ1) is 25.8. The molecule has 6 heterocycles. The molecule has 0 amide bonds. The summed E-state index contributed by atoms with van der Waals surface area (Å²) >= 11 is 9.14. The third-order valence-electron chi connectivity index (χ3n) is 9.57. The summed E-state index contributed by atoms with van der Waals surface area (Å²) in [5.74, 6) is 3.45. The quantitative estimate of drug-likeness (QED) is 0.143. The molecular weight excluding hydrogens is 734 g/mol. The second kappa shape index (κ2) is 20.0. The molecular formula is C37H52ClN9O4S2. The average molecular weight is 786 g/mol. The molecule has 2 aliphatic heterocycles. The van der Waals surface area contributed by atoms with Crippen LogP contribution in [-0.2, 0) is 9.47 Å². The van der Waals surface area contributed by atoms with Crippen molar-refractivity contribution >= 4 is 51.7 Å². The lowest BCUT2D eigenvalue weighted by molar-refractivity contribution is 0.0968. The van der Waals surface area contributed by atoms with Crippen molar-refractivity contribution in [1.29, 1.82) is 0 Å². The van der Waals surface area contributed by atoms with Crippen LogP contribution in [0.4, 0.5) is 17.5 Å². The Hall–Kier alpha value is -3.05. The van der Waals surface area contributed by atoms with Crippen LogP contribution in [-0.4, -0.2) is 104 Å². The molecule has 0 bridgehead atoms. The van der Waals surface area contributed by atoms with E-state index in [9.17, 15) is 10.2 Å². The van der Waals surface area contributed by atoms with Gasteiger partial charge in [-0.2, -0.15) is 0 Å². The Morgan fingerprint density at radius 1 is 0.642 bits per heavy atom. The molecule has 2 aliphatic carbocycles. The highest BCUT2D eigenvalue weighted by atomic mass is 35.5. The van der Waals surface area contributed by atoms with Gasteiger partial charge in [-0.15, -0.1) is 22.7 Å². The molecule has 288 valence electrons. The second-order valence-corrected chi connectivity index (χ2v) is 16.0. The Kier molecular flexibility index (Phi) is 15.0. The molecule has 2 unspecified atom stereocenters. The predicted octanol–water partition coefficient (Wildman–Crippen LogP) is 6.92. The third-order valence-corrected chi connectivity index (χ3v) is 11.7. The third kappa shape index (κ3) is 12.0. The van der Waals surface area contributed by atoms with Crippen LogP contribution in [0.25, 0.3) is 21.7 Å². The smallest absolute Gasteiger partial charge is 0.192 e. The number of halogens is 1. The number of anilines is 3. The summed E-state index contributed by atoms with van der Waals surface area (Å²) in [6.45, 7) is 8.96. The zero-order chi connectivity index (χ0) is 37.0. The maximum atomic E-state index is 10.3. The number of aliphatic hydroxyl groups excluding tert-OH is 2. The van der Waals surface area contributed by atoms with E-state index < -0.39 is 0 Å². The lowest BCUT2D eigenvalue weighted by atomic mass is 9.92. The molecule has 2 saturated carbocycles. The summed E-state index contributed by atoms with van der Waals surface area (Å²) < 4.78 is 10.5. The highest BCUT2D eigenvalue weighted by molar-refractivity contribution is 7.13. The topological polar surface area (TPSA) is 164 Å². The largest absolute Gasteiger partial charge is 0.391 e. The first-order valence-electron chi connectivity index (χ1n) is 18.9. The van der Waals surface area contributed by atoms with E-state index in [2.05, 4.69) is 35.5 Å². The molecule has 0 radical (unpaired) electrons. The number of rotatable bonds is 7. The molecule has 4 atom stereocenters. The Morgan fingerprint density at radius 3 is 1.62 bits per heavy atom. The van der Waals surface area contributed by atoms with Gasteiger partial charge in [-0.1, -0.05) is 37.3 Å². The number of morpholine rings is 1. The predicted molar refractivity (Wildman–Crippen MR) is 212 cm³/mol. The Balaban J connectivity index is 0.000000159. The van der Waals surface area contributed by atoms with Crippen LogP contribution >= 0.6 is 34.3 Å². The van der Waals surface area contributed by atoms with Crippen LogP contribution in [0.5, 0.6) is 0 Å². The van der Waals surface area contributed by atoms with E-state index in [0.717, 1.165) is 111 Å². The van der Waals surface area contributed by atoms with Crippen molar-refractivity contribution in [3.8, 4) is 21.7 Å². The summed E-state index contributed by atoms with van der Waals surface area (Å²) in [4.78, 5) is 29.3. The molecule has 53 heavy (non-hydrogen) atoms. The van der Waals surface area contributed by atoms with Gasteiger partial charge in [0.25, 0.3) is 0 Å². The zero-order valence-electron chi connectivity index (χ0n) is 30.7. The number of aromatic nitrogens is 6. The molecule has 0 aromatic carbocycles. The summed E-state index contributed by atoms with van der Waals surface area (Å²) in [7, 11) is 0. The van der Waals surface area contributed by atoms with Gasteiger partial charge < -0.3 is 35.2 Å². The molecule has 4 aromatic rings. The summed E-state index contributed by atoms with van der Waals surface area (Å²) in [6, 6.07) is 3.74. The van der Waals surface area contributed by atoms with Gasteiger partial charge in [-0.3, -0.25) is 0 Å². The fourth-order valence-electron chi connectivity index (χ4n) is 6.69. The maximum Gasteiger partial charge on any atom is 0.192 e. The minimum Gasteiger partial charge on any atom is -0.391 e. The minimum absolute atomic E-state index is 0.0237. The van der Waals surface area contributed by atoms with Crippen LogP contribution in [0.15, 0.2) is 22.9 Å². The fraction of sp³-hybridized carbons (Fsp3) is 0.622. The molecule has 4 fully saturated rings. The number of nitrogens with zero attached hydrogens (tertiary/aromatic N) is 7. The molecule has 4 N–H and O–H groups in total. The van der Waals surface area contributed by atoms with Gasteiger partial charge in [-0.25, -0.2) is 29.9 Å². The van der Waals surface area contributed by atoms with Crippen LogP contribution in [0.1, 0.15) is 82.0 Å². The molecule has 4 aliphatic rings. The normalized spacial score (nSPS) is 23.2. The van der Waals surface area contributed by atoms with E-state index in [-0.39, 0.29) is 24.3 Å². The number of thiazole rings is 2. The van der Waals surface area contributed by atoms with Gasteiger partial charge in [0.15, 0.2) is 21.7 Å². The molecule has 16 heteroatoms. The van der Waals surface area contributed by atoms with E-state index in [4.69, 9.17) is 31.0 Å². The van der Waals surface area contributed by atoms with E-state index >= 15 is 0 Å².